The summed E-state index contributed by atoms with van der Waals surface area (Å²) >= 11 is 0. The predicted octanol–water partition coefficient (Wildman–Crippen LogP) is 2.01. The van der Waals surface area contributed by atoms with Gasteiger partial charge in [0.1, 0.15) is 0 Å². The number of hydrogen-bond acceptors (Lipinski definition) is 2. The second-order valence-corrected chi connectivity index (χ2v) is 2.54. The van der Waals surface area contributed by atoms with E-state index in [1.54, 1.807) is 0 Å². The van der Waals surface area contributed by atoms with E-state index in [1.807, 2.05) is 6.92 Å². The number of ether oxygens (including phenoxy) is 1. The van der Waals surface area contributed by atoms with Gasteiger partial charge >= 0.3 is 0 Å². The maximum Gasteiger partial charge on any atom is 0.176 e. The Hall–Kier alpha value is -0.660. The summed E-state index contributed by atoms with van der Waals surface area (Å²) < 4.78 is 5.14. The van der Waals surface area contributed by atoms with Gasteiger partial charge in [0.25, 0.3) is 0 Å². The van der Waals surface area contributed by atoms with Gasteiger partial charge in [0.2, 0.25) is 0 Å². The third-order valence-electron chi connectivity index (χ3n) is 1.32. The Morgan fingerprint density at radius 1 is 1.70 bits per heavy atom. The summed E-state index contributed by atoms with van der Waals surface area (Å²) in [6.45, 7) is 7.62. The highest BCUT2D eigenvalue weighted by atomic mass is 16.5. The normalized spacial score (nSPS) is 12.6. The summed E-state index contributed by atoms with van der Waals surface area (Å²) in [7, 11) is 0. The molecule has 0 bridgehead atoms. The molecule has 60 valence electrons. The molecule has 0 radical (unpaired) electrons. The van der Waals surface area contributed by atoms with Gasteiger partial charge in [-0.05, 0) is 19.9 Å². The molecule has 0 aliphatic rings. The summed E-state index contributed by atoms with van der Waals surface area (Å²) in [5.41, 5.74) is 5.25. The van der Waals surface area contributed by atoms with Crippen molar-refractivity contribution in [1.29, 1.82) is 0 Å². The van der Waals surface area contributed by atoms with Gasteiger partial charge in [0.15, 0.2) is 5.88 Å². The van der Waals surface area contributed by atoms with Gasteiger partial charge in [-0.1, -0.05) is 19.8 Å². The van der Waals surface area contributed by atoms with Crippen LogP contribution in [0.2, 0.25) is 0 Å². The van der Waals surface area contributed by atoms with E-state index in [0.717, 1.165) is 6.42 Å². The van der Waals surface area contributed by atoms with Crippen LogP contribution in [0.25, 0.3) is 0 Å². The van der Waals surface area contributed by atoms with Crippen molar-refractivity contribution in [2.24, 2.45) is 5.73 Å². The molecule has 1 unspecified atom stereocenters. The number of unbranched alkanes of at least 4 members (excludes halogenated alkanes) is 1. The van der Waals surface area contributed by atoms with Gasteiger partial charge in [-0.2, -0.15) is 0 Å². The van der Waals surface area contributed by atoms with E-state index in [9.17, 15) is 0 Å². The van der Waals surface area contributed by atoms with E-state index in [4.69, 9.17) is 10.5 Å². The second kappa shape index (κ2) is 5.15. The lowest BCUT2D eigenvalue weighted by Gasteiger charge is -2.12. The van der Waals surface area contributed by atoms with E-state index in [-0.39, 0.29) is 6.10 Å². The highest BCUT2D eigenvalue weighted by molar-refractivity contribution is 4.73. The van der Waals surface area contributed by atoms with Crippen molar-refractivity contribution in [1.82, 2.24) is 0 Å². The average molecular weight is 143 g/mol. The zero-order valence-corrected chi connectivity index (χ0v) is 6.89. The van der Waals surface area contributed by atoms with Gasteiger partial charge in [-0.25, -0.2) is 0 Å². The molecule has 2 nitrogen and oxygen atoms in total. The van der Waals surface area contributed by atoms with E-state index in [1.165, 1.54) is 12.8 Å². The summed E-state index contributed by atoms with van der Waals surface area (Å²) in [6.07, 6.45) is 3.67. The topological polar surface area (TPSA) is 35.2 Å². The molecule has 0 aromatic heterocycles. The molecular weight excluding hydrogens is 126 g/mol. The third-order valence-corrected chi connectivity index (χ3v) is 1.32. The smallest absolute Gasteiger partial charge is 0.176 e. The highest BCUT2D eigenvalue weighted by Crippen LogP contribution is 2.04. The lowest BCUT2D eigenvalue weighted by molar-refractivity contribution is 0.121. The van der Waals surface area contributed by atoms with Crippen LogP contribution in [0.1, 0.15) is 33.1 Å². The lowest BCUT2D eigenvalue weighted by atomic mass is 10.2. The molecule has 0 aromatic carbocycles. The maximum absolute atomic E-state index is 5.25. The average Bonchev–Trinajstić information content (AvgIpc) is 1.82. The Balaban J connectivity index is 3.25. The summed E-state index contributed by atoms with van der Waals surface area (Å²) in [4.78, 5) is 0. The molecule has 0 spiro atoms. The minimum atomic E-state index is 0.220. The lowest BCUT2D eigenvalue weighted by Crippen LogP contribution is -2.11. The van der Waals surface area contributed by atoms with Crippen molar-refractivity contribution in [2.45, 2.75) is 39.2 Å². The van der Waals surface area contributed by atoms with Crippen LogP contribution in [0.5, 0.6) is 0 Å². The Morgan fingerprint density at radius 3 is 2.70 bits per heavy atom. The third kappa shape index (κ3) is 5.48. The first-order valence-corrected chi connectivity index (χ1v) is 3.77. The maximum atomic E-state index is 5.25. The predicted molar refractivity (Wildman–Crippen MR) is 43.4 cm³/mol. The first-order chi connectivity index (χ1) is 4.66. The molecule has 10 heavy (non-hydrogen) atoms. The van der Waals surface area contributed by atoms with E-state index in [2.05, 4.69) is 13.5 Å². The highest BCUT2D eigenvalue weighted by Gasteiger charge is 2.00. The van der Waals surface area contributed by atoms with Crippen LogP contribution in [-0.2, 0) is 4.74 Å². The fourth-order valence-corrected chi connectivity index (χ4v) is 0.809. The second-order valence-electron chi connectivity index (χ2n) is 2.54. The van der Waals surface area contributed by atoms with E-state index < -0.39 is 0 Å². The van der Waals surface area contributed by atoms with Crippen LogP contribution < -0.4 is 5.73 Å². The first-order valence-electron chi connectivity index (χ1n) is 3.77. The molecule has 0 amide bonds. The molecule has 0 aliphatic heterocycles. The summed E-state index contributed by atoms with van der Waals surface area (Å²) in [5, 5.41) is 0. The monoisotopic (exact) mass is 143 g/mol. The summed E-state index contributed by atoms with van der Waals surface area (Å²) in [6, 6.07) is 0. The Kier molecular flexibility index (Phi) is 4.81. The van der Waals surface area contributed by atoms with Crippen molar-refractivity contribution < 1.29 is 4.74 Å². The van der Waals surface area contributed by atoms with Crippen LogP contribution in [0, 0.1) is 0 Å². The molecule has 0 saturated heterocycles. The van der Waals surface area contributed by atoms with Gasteiger partial charge < -0.3 is 10.5 Å². The number of rotatable bonds is 5. The molecular formula is C8H17NO. The molecule has 0 aromatic rings. The zero-order valence-electron chi connectivity index (χ0n) is 6.89. The summed E-state index contributed by atoms with van der Waals surface area (Å²) in [5.74, 6) is 0.323. The quantitative estimate of drug-likeness (QED) is 0.597. The van der Waals surface area contributed by atoms with Gasteiger partial charge in [0, 0.05) is 0 Å². The van der Waals surface area contributed by atoms with Gasteiger partial charge in [0.05, 0.1) is 6.10 Å². The van der Waals surface area contributed by atoms with Crippen LogP contribution in [0.15, 0.2) is 12.5 Å². The minimum Gasteiger partial charge on any atom is -0.477 e. The standard InChI is InChI=1S/C8H17NO/c1-4-5-6-7(2)10-8(3)9/h7H,3-6,9H2,1-2H3. The molecule has 0 rings (SSSR count). The SMILES string of the molecule is C=C(N)OC(C)CCCC. The molecule has 1 atom stereocenters. The van der Waals surface area contributed by atoms with E-state index in [0.29, 0.717) is 5.88 Å². The van der Waals surface area contributed by atoms with Crippen molar-refractivity contribution >= 4 is 0 Å². The van der Waals surface area contributed by atoms with Crippen molar-refractivity contribution in [3.8, 4) is 0 Å². The Morgan fingerprint density at radius 2 is 2.30 bits per heavy atom. The fraction of sp³-hybridized carbons (Fsp3) is 0.750. The Labute approximate surface area is 63.1 Å². The van der Waals surface area contributed by atoms with Crippen LogP contribution >= 0.6 is 0 Å². The minimum absolute atomic E-state index is 0.220. The largest absolute Gasteiger partial charge is 0.477 e. The molecule has 0 aliphatic carbocycles. The first kappa shape index (κ1) is 9.34. The molecule has 0 fully saturated rings. The van der Waals surface area contributed by atoms with Crippen LogP contribution in [0.4, 0.5) is 0 Å². The number of hydrogen-bond donors (Lipinski definition) is 1. The van der Waals surface area contributed by atoms with E-state index >= 15 is 0 Å². The molecule has 0 heterocycles. The molecule has 0 saturated carbocycles. The fourth-order valence-electron chi connectivity index (χ4n) is 0.809. The van der Waals surface area contributed by atoms with Crippen molar-refractivity contribution in [3.63, 3.8) is 0 Å². The zero-order chi connectivity index (χ0) is 7.98. The van der Waals surface area contributed by atoms with Gasteiger partial charge in [-0.15, -0.1) is 0 Å². The van der Waals surface area contributed by atoms with Crippen LogP contribution in [0.3, 0.4) is 0 Å². The van der Waals surface area contributed by atoms with Gasteiger partial charge in [-0.3, -0.25) is 0 Å². The van der Waals surface area contributed by atoms with Crippen molar-refractivity contribution in [2.75, 3.05) is 0 Å². The van der Waals surface area contributed by atoms with Crippen LogP contribution in [-0.4, -0.2) is 6.10 Å². The van der Waals surface area contributed by atoms with Crippen molar-refractivity contribution in [3.05, 3.63) is 12.5 Å². The Bertz CT molecular complexity index is 101. The molecule has 2 heteroatoms. The number of nitrogens with two attached hydrogens (primary N) is 1. The molecule has 2 N–H and O–H groups in total.